The summed E-state index contributed by atoms with van der Waals surface area (Å²) < 4.78 is 7.39. The van der Waals surface area contributed by atoms with Crippen molar-refractivity contribution in [1.29, 1.82) is 0 Å². The molecule has 5 heteroatoms. The Morgan fingerprint density at radius 2 is 1.15 bits per heavy atom. The van der Waals surface area contributed by atoms with Crippen LogP contribution in [0.2, 0.25) is 0 Å². The Bertz CT molecular complexity index is 2870. The molecule has 3 aromatic heterocycles. The van der Waals surface area contributed by atoms with Gasteiger partial charge in [0.25, 0.3) is 0 Å². The second-order valence-electron chi connectivity index (χ2n) is 12.2. The fourth-order valence-electron chi connectivity index (χ4n) is 7.54. The average molecular weight is 621 g/mol. The monoisotopic (exact) mass is 620 g/mol. The molecular formula is C42H28N4S. The van der Waals surface area contributed by atoms with Crippen LogP contribution in [0.5, 0.6) is 0 Å². The maximum Gasteiger partial charge on any atom is 0.0555 e. The minimum Gasteiger partial charge on any atom is -0.399 e. The standard InChI is InChI=1S/C42H28N4S/c43-26-15-19-36(46-35-12-6-4-10-29(35)34-24-27(44)16-20-37(34)46)33(23-26)25-14-17-32-39(22-25)45(28-8-2-1-3-9-28)38-21-18-31-30-11-5-7-13-40(30)47-42(31)41(32)38/h1-24H,43-44H2. The summed E-state index contributed by atoms with van der Waals surface area (Å²) >= 11 is 1.88. The molecule has 0 bridgehead atoms. The molecule has 0 unspecified atom stereocenters. The number of rotatable bonds is 3. The first-order chi connectivity index (χ1) is 23.1. The van der Waals surface area contributed by atoms with Crippen LogP contribution in [0.4, 0.5) is 11.4 Å². The van der Waals surface area contributed by atoms with E-state index in [-0.39, 0.29) is 0 Å². The van der Waals surface area contributed by atoms with Gasteiger partial charge in [-0.3, -0.25) is 0 Å². The SMILES string of the molecule is Nc1ccc(-n2c3ccccc3c3cc(N)ccc32)c(-c2ccc3c4c5sc6ccccc6c5ccc4n(-c4ccccc4)c3c2)c1. The van der Waals surface area contributed by atoms with Gasteiger partial charge in [-0.15, -0.1) is 11.3 Å². The van der Waals surface area contributed by atoms with Gasteiger partial charge in [0, 0.05) is 64.3 Å². The Labute approximate surface area is 274 Å². The molecule has 0 fully saturated rings. The van der Waals surface area contributed by atoms with E-state index in [0.29, 0.717) is 0 Å². The van der Waals surface area contributed by atoms with Crippen LogP contribution in [-0.4, -0.2) is 9.13 Å². The number of nitrogens with two attached hydrogens (primary N) is 2. The van der Waals surface area contributed by atoms with E-state index in [9.17, 15) is 0 Å². The second-order valence-corrected chi connectivity index (χ2v) is 13.3. The number of thiophene rings is 1. The Balaban J connectivity index is 1.30. The van der Waals surface area contributed by atoms with E-state index in [1.165, 1.54) is 41.8 Å². The molecular weight excluding hydrogens is 593 g/mol. The molecule has 0 saturated carbocycles. The maximum atomic E-state index is 6.53. The molecule has 3 heterocycles. The van der Waals surface area contributed by atoms with E-state index in [2.05, 4.69) is 143 Å². The van der Waals surface area contributed by atoms with Crippen LogP contribution in [0.15, 0.2) is 146 Å². The lowest BCUT2D eigenvalue weighted by Gasteiger charge is -2.16. The minimum atomic E-state index is 0.726. The van der Waals surface area contributed by atoms with Crippen molar-refractivity contribution >= 4 is 86.5 Å². The molecule has 0 amide bonds. The number of nitrogens with zero attached hydrogens (tertiary/aromatic N) is 2. The van der Waals surface area contributed by atoms with Gasteiger partial charge >= 0.3 is 0 Å². The van der Waals surface area contributed by atoms with Gasteiger partial charge in [0.05, 0.1) is 27.8 Å². The lowest BCUT2D eigenvalue weighted by molar-refractivity contribution is 1.18. The van der Waals surface area contributed by atoms with Crippen LogP contribution >= 0.6 is 11.3 Å². The van der Waals surface area contributed by atoms with Gasteiger partial charge in [0.1, 0.15) is 0 Å². The third-order valence-corrected chi connectivity index (χ3v) is 10.8. The smallest absolute Gasteiger partial charge is 0.0555 e. The third kappa shape index (κ3) is 3.75. The Morgan fingerprint density at radius 1 is 0.447 bits per heavy atom. The van der Waals surface area contributed by atoms with Gasteiger partial charge in [0.2, 0.25) is 0 Å². The first kappa shape index (κ1) is 26.2. The van der Waals surface area contributed by atoms with Crippen LogP contribution in [-0.2, 0) is 0 Å². The Kier molecular flexibility index (Phi) is 5.42. The first-order valence-corrected chi connectivity index (χ1v) is 16.6. The topological polar surface area (TPSA) is 61.9 Å². The van der Waals surface area contributed by atoms with Crippen molar-refractivity contribution in [2.45, 2.75) is 0 Å². The van der Waals surface area contributed by atoms with E-state index in [4.69, 9.17) is 11.5 Å². The summed E-state index contributed by atoms with van der Waals surface area (Å²) in [4.78, 5) is 0. The van der Waals surface area contributed by atoms with Crippen molar-refractivity contribution in [2.24, 2.45) is 0 Å². The van der Waals surface area contributed by atoms with E-state index >= 15 is 0 Å². The number of anilines is 2. The molecule has 10 aromatic rings. The molecule has 47 heavy (non-hydrogen) atoms. The molecule has 0 aliphatic heterocycles. The van der Waals surface area contributed by atoms with Crippen molar-refractivity contribution < 1.29 is 0 Å². The summed E-state index contributed by atoms with van der Waals surface area (Å²) in [5.41, 5.74) is 23.3. The first-order valence-electron chi connectivity index (χ1n) is 15.8. The van der Waals surface area contributed by atoms with Gasteiger partial charge < -0.3 is 20.6 Å². The Morgan fingerprint density at radius 3 is 2.04 bits per heavy atom. The number of para-hydroxylation sites is 2. The molecule has 0 aliphatic carbocycles. The van der Waals surface area contributed by atoms with Gasteiger partial charge in [-0.1, -0.05) is 72.8 Å². The fraction of sp³-hybridized carbons (Fsp3) is 0. The number of nitrogen functional groups attached to an aromatic ring is 2. The number of hydrogen-bond donors (Lipinski definition) is 2. The average Bonchev–Trinajstić information content (AvgIpc) is 3.76. The van der Waals surface area contributed by atoms with Crippen molar-refractivity contribution in [1.82, 2.24) is 9.13 Å². The quantitative estimate of drug-likeness (QED) is 0.193. The number of fused-ring (bicyclic) bond motifs is 10. The molecule has 4 nitrogen and oxygen atoms in total. The summed E-state index contributed by atoms with van der Waals surface area (Å²) in [5, 5.41) is 7.45. The summed E-state index contributed by atoms with van der Waals surface area (Å²) in [7, 11) is 0. The van der Waals surface area contributed by atoms with Crippen LogP contribution < -0.4 is 11.5 Å². The third-order valence-electron chi connectivity index (χ3n) is 9.56. The summed E-state index contributed by atoms with van der Waals surface area (Å²) in [5.74, 6) is 0. The molecule has 7 aromatic carbocycles. The van der Waals surface area contributed by atoms with Gasteiger partial charge in [-0.25, -0.2) is 0 Å². The predicted molar refractivity (Wildman–Crippen MR) is 202 cm³/mol. The number of hydrogen-bond acceptors (Lipinski definition) is 3. The van der Waals surface area contributed by atoms with E-state index in [1.807, 2.05) is 23.5 Å². The van der Waals surface area contributed by atoms with E-state index in [1.54, 1.807) is 0 Å². The minimum absolute atomic E-state index is 0.726. The molecule has 0 radical (unpaired) electrons. The predicted octanol–water partition coefficient (Wildman–Crippen LogP) is 11.1. The highest BCUT2D eigenvalue weighted by Crippen LogP contribution is 2.45. The van der Waals surface area contributed by atoms with Crippen LogP contribution in [0.3, 0.4) is 0 Å². The highest BCUT2D eigenvalue weighted by atomic mass is 32.1. The van der Waals surface area contributed by atoms with Gasteiger partial charge in [-0.2, -0.15) is 0 Å². The zero-order chi connectivity index (χ0) is 31.2. The molecule has 4 N–H and O–H groups in total. The van der Waals surface area contributed by atoms with Crippen molar-refractivity contribution in [3.63, 3.8) is 0 Å². The van der Waals surface area contributed by atoms with Gasteiger partial charge in [-0.05, 0) is 78.4 Å². The molecule has 222 valence electrons. The molecule has 0 saturated heterocycles. The van der Waals surface area contributed by atoms with Crippen LogP contribution in [0.1, 0.15) is 0 Å². The van der Waals surface area contributed by atoms with Crippen molar-refractivity contribution in [3.05, 3.63) is 146 Å². The summed E-state index contributed by atoms with van der Waals surface area (Å²) in [6, 6.07) is 51.8. The maximum absolute atomic E-state index is 6.53. The largest absolute Gasteiger partial charge is 0.399 e. The Hall–Kier alpha value is -6.04. The van der Waals surface area contributed by atoms with E-state index < -0.39 is 0 Å². The zero-order valence-corrected chi connectivity index (χ0v) is 26.1. The highest BCUT2D eigenvalue weighted by molar-refractivity contribution is 7.26. The lowest BCUT2D eigenvalue weighted by Crippen LogP contribution is -1.99. The van der Waals surface area contributed by atoms with Crippen LogP contribution in [0.25, 0.3) is 86.3 Å². The number of aromatic nitrogens is 2. The summed E-state index contributed by atoms with van der Waals surface area (Å²) in [6.07, 6.45) is 0. The lowest BCUT2D eigenvalue weighted by atomic mass is 10.00. The van der Waals surface area contributed by atoms with E-state index in [0.717, 1.165) is 55.8 Å². The molecule has 0 atom stereocenters. The van der Waals surface area contributed by atoms with Crippen LogP contribution in [0, 0.1) is 0 Å². The molecule has 0 aliphatic rings. The molecule has 0 spiro atoms. The zero-order valence-electron chi connectivity index (χ0n) is 25.3. The van der Waals surface area contributed by atoms with Gasteiger partial charge in [0.15, 0.2) is 0 Å². The second kappa shape index (κ2) is 9.73. The number of benzene rings is 7. The normalized spacial score (nSPS) is 12.0. The van der Waals surface area contributed by atoms with Crippen molar-refractivity contribution in [3.8, 4) is 22.5 Å². The molecule has 10 rings (SSSR count). The van der Waals surface area contributed by atoms with Crippen molar-refractivity contribution in [2.75, 3.05) is 11.5 Å². The summed E-state index contributed by atoms with van der Waals surface area (Å²) in [6.45, 7) is 0. The fourth-order valence-corrected chi connectivity index (χ4v) is 8.79. The highest BCUT2D eigenvalue weighted by Gasteiger charge is 2.20.